The molecule has 14 heteroatoms. The Hall–Kier alpha value is -5.86. The minimum Gasteiger partial charge on any atom is -0.384 e. The Kier molecular flexibility index (Phi) is 11.9. The molecule has 324 valence electrons. The van der Waals surface area contributed by atoms with E-state index < -0.39 is 6.04 Å². The number of carbonyl (C=O) groups is 3. The monoisotopic (exact) mass is 840 g/mol. The van der Waals surface area contributed by atoms with Gasteiger partial charge in [-0.1, -0.05) is 12.1 Å². The number of nitrogens with zero attached hydrogens (tertiary/aromatic N) is 7. The van der Waals surface area contributed by atoms with Crippen molar-refractivity contribution in [2.24, 2.45) is 13.0 Å². The zero-order valence-electron chi connectivity index (χ0n) is 35.7. The maximum atomic E-state index is 15.2. The molecule has 0 saturated carbocycles. The third-order valence-electron chi connectivity index (χ3n) is 13.9. The number of nitrogens with two attached hydrogens (primary N) is 1. The summed E-state index contributed by atoms with van der Waals surface area (Å²) in [5, 5.41) is 6.51. The lowest BCUT2D eigenvalue weighted by Crippen LogP contribution is -2.49. The van der Waals surface area contributed by atoms with Gasteiger partial charge in [-0.05, 0) is 130 Å². The molecule has 4 saturated heterocycles. The molecule has 3 amide bonds. The number of likely N-dealkylation sites (tertiary alicyclic amines) is 2. The molecule has 13 nitrogen and oxygen atoms in total. The zero-order valence-corrected chi connectivity index (χ0v) is 35.7. The zero-order chi connectivity index (χ0) is 42.9. The number of aryl methyl sites for hydroxylation is 1. The van der Waals surface area contributed by atoms with Crippen LogP contribution in [0.3, 0.4) is 0 Å². The van der Waals surface area contributed by atoms with Crippen LogP contribution in [-0.2, 0) is 16.6 Å². The number of piperazine rings is 1. The van der Waals surface area contributed by atoms with Gasteiger partial charge in [-0.25, -0.2) is 14.4 Å². The van der Waals surface area contributed by atoms with Crippen molar-refractivity contribution < 1.29 is 18.8 Å². The molecule has 4 aliphatic rings. The van der Waals surface area contributed by atoms with E-state index in [1.165, 1.54) is 17.3 Å². The first-order chi connectivity index (χ1) is 30.1. The summed E-state index contributed by atoms with van der Waals surface area (Å²) >= 11 is 0. The minimum atomic E-state index is -0.550. The summed E-state index contributed by atoms with van der Waals surface area (Å²) in [4.78, 5) is 55.4. The van der Waals surface area contributed by atoms with Crippen molar-refractivity contribution in [2.45, 2.75) is 63.5 Å². The molecule has 2 aromatic carbocycles. The molecule has 4 aliphatic heterocycles. The summed E-state index contributed by atoms with van der Waals surface area (Å²) in [7, 11) is 2.11. The maximum absolute atomic E-state index is 15.2. The summed E-state index contributed by atoms with van der Waals surface area (Å²) in [6.07, 6.45) is 8.45. The molecular formula is C48H57FN10O3. The molecule has 4 fully saturated rings. The van der Waals surface area contributed by atoms with Gasteiger partial charge in [0, 0.05) is 106 Å². The fourth-order valence-corrected chi connectivity index (χ4v) is 10.1. The van der Waals surface area contributed by atoms with E-state index in [0.717, 1.165) is 112 Å². The van der Waals surface area contributed by atoms with E-state index in [4.69, 9.17) is 10.7 Å². The van der Waals surface area contributed by atoms with Gasteiger partial charge < -0.3 is 25.4 Å². The molecule has 5 aromatic rings. The number of halogens is 1. The average molecular weight is 841 g/mol. The minimum absolute atomic E-state index is 0.118. The molecule has 9 rings (SSSR count). The van der Waals surface area contributed by atoms with Gasteiger partial charge in [-0.2, -0.15) is 0 Å². The number of aromatic nitrogens is 3. The van der Waals surface area contributed by atoms with E-state index >= 15 is 4.39 Å². The molecule has 62 heavy (non-hydrogen) atoms. The number of anilines is 3. The van der Waals surface area contributed by atoms with Crippen molar-refractivity contribution in [3.05, 3.63) is 102 Å². The molecule has 0 radical (unpaired) electrons. The highest BCUT2D eigenvalue weighted by Crippen LogP contribution is 2.36. The van der Waals surface area contributed by atoms with Crippen LogP contribution >= 0.6 is 0 Å². The highest BCUT2D eigenvalue weighted by atomic mass is 19.1. The Morgan fingerprint density at radius 1 is 0.887 bits per heavy atom. The fraction of sp³-hybridized carbons (Fsp3) is 0.438. The second kappa shape index (κ2) is 17.9. The van der Waals surface area contributed by atoms with Crippen LogP contribution in [0, 0.1) is 11.7 Å². The summed E-state index contributed by atoms with van der Waals surface area (Å²) in [5.41, 5.74) is 13.4. The van der Waals surface area contributed by atoms with Crippen LogP contribution in [0.4, 0.5) is 21.6 Å². The Balaban J connectivity index is 0.716. The SMILES string of the molecule is CC(c1cc2c(-c3ccc(N)nc3)ccnc2n1C)N1CCC(c2ccc(C(=O)N3CCC(CN4CCN(c5ccc(NC6CCC(=O)NC6=O)cc5F)CC4)CC3)cc2)CC1. The predicted octanol–water partition coefficient (Wildman–Crippen LogP) is 6.19. The number of pyridine rings is 2. The molecule has 2 atom stereocenters. The Labute approximate surface area is 362 Å². The van der Waals surface area contributed by atoms with Crippen molar-refractivity contribution in [2.75, 3.05) is 74.9 Å². The highest BCUT2D eigenvalue weighted by molar-refractivity contribution is 6.01. The number of amides is 3. The lowest BCUT2D eigenvalue weighted by atomic mass is 9.88. The Bertz CT molecular complexity index is 2410. The van der Waals surface area contributed by atoms with Crippen molar-refractivity contribution >= 4 is 45.9 Å². The number of hydrogen-bond donors (Lipinski definition) is 3. The van der Waals surface area contributed by atoms with E-state index in [1.54, 1.807) is 12.1 Å². The van der Waals surface area contributed by atoms with Crippen LogP contribution in [0.5, 0.6) is 0 Å². The van der Waals surface area contributed by atoms with Crippen LogP contribution in [-0.4, -0.2) is 112 Å². The smallest absolute Gasteiger partial charge is 0.253 e. The number of nitrogen functional groups attached to an aromatic ring is 1. The van der Waals surface area contributed by atoms with Gasteiger partial charge in [-0.15, -0.1) is 0 Å². The van der Waals surface area contributed by atoms with E-state index in [0.29, 0.717) is 35.4 Å². The first-order valence-electron chi connectivity index (χ1n) is 22.2. The van der Waals surface area contributed by atoms with Gasteiger partial charge in [0.2, 0.25) is 11.8 Å². The third kappa shape index (κ3) is 8.76. The van der Waals surface area contributed by atoms with E-state index in [9.17, 15) is 14.4 Å². The van der Waals surface area contributed by atoms with Crippen molar-refractivity contribution in [3.63, 3.8) is 0 Å². The average Bonchev–Trinajstić information content (AvgIpc) is 3.64. The molecule has 0 spiro atoms. The Morgan fingerprint density at radius 3 is 2.34 bits per heavy atom. The molecule has 7 heterocycles. The highest BCUT2D eigenvalue weighted by Gasteiger charge is 2.30. The first kappa shape index (κ1) is 41.5. The van der Waals surface area contributed by atoms with Gasteiger partial charge in [0.1, 0.15) is 23.3 Å². The van der Waals surface area contributed by atoms with Crippen LogP contribution in [0.25, 0.3) is 22.2 Å². The number of fused-ring (bicyclic) bond motifs is 1. The first-order valence-corrected chi connectivity index (χ1v) is 22.2. The normalized spacial score (nSPS) is 20.4. The standard InChI is InChI=1S/C48H57FN10O3/c1-31(43-28-39-38(13-18-51-46(39)55(43)2)36-7-11-44(50)52-29-36)57-21-16-34(17-22-57)33-3-5-35(6-4-33)48(62)59-19-14-32(15-20-59)30-56-23-25-58(26-24-56)42-10-8-37(27-40(42)49)53-41-9-12-45(60)54-47(41)61/h3-8,10-11,13,18,27-29,31-32,34,41,53H,9,12,14-17,19-26,30H2,1-2H3,(H2,50,52)(H,54,60,61). The molecular weight excluding hydrogens is 784 g/mol. The third-order valence-corrected chi connectivity index (χ3v) is 13.9. The van der Waals surface area contributed by atoms with Gasteiger partial charge in [0.05, 0.1) is 5.69 Å². The van der Waals surface area contributed by atoms with Crippen LogP contribution in [0.1, 0.15) is 79.0 Å². The second-order valence-electron chi connectivity index (χ2n) is 17.6. The molecule has 4 N–H and O–H groups in total. The fourth-order valence-electron chi connectivity index (χ4n) is 10.1. The number of hydrogen-bond acceptors (Lipinski definition) is 10. The number of nitrogens with one attached hydrogen (secondary N) is 2. The largest absolute Gasteiger partial charge is 0.384 e. The van der Waals surface area contributed by atoms with Crippen LogP contribution in [0.15, 0.2) is 79.1 Å². The molecule has 3 aromatic heterocycles. The summed E-state index contributed by atoms with van der Waals surface area (Å²) < 4.78 is 17.5. The van der Waals surface area contributed by atoms with Crippen molar-refractivity contribution in [3.8, 4) is 11.1 Å². The summed E-state index contributed by atoms with van der Waals surface area (Å²) in [6, 6.07) is 21.3. The predicted molar refractivity (Wildman–Crippen MR) is 240 cm³/mol. The van der Waals surface area contributed by atoms with Gasteiger partial charge >= 0.3 is 0 Å². The quantitative estimate of drug-likeness (QED) is 0.139. The van der Waals surface area contributed by atoms with E-state index in [2.05, 4.69) is 67.1 Å². The summed E-state index contributed by atoms with van der Waals surface area (Å²) in [5.74, 6) is 0.641. The number of rotatable bonds is 10. The second-order valence-corrected chi connectivity index (χ2v) is 17.6. The lowest BCUT2D eigenvalue weighted by molar-refractivity contribution is -0.133. The Morgan fingerprint density at radius 2 is 1.65 bits per heavy atom. The lowest BCUT2D eigenvalue weighted by Gasteiger charge is -2.39. The van der Waals surface area contributed by atoms with Crippen molar-refractivity contribution in [1.29, 1.82) is 0 Å². The van der Waals surface area contributed by atoms with Gasteiger partial charge in [0.25, 0.3) is 5.91 Å². The van der Waals surface area contributed by atoms with Gasteiger partial charge in [-0.3, -0.25) is 29.5 Å². The number of piperidine rings is 3. The van der Waals surface area contributed by atoms with Gasteiger partial charge in [0.15, 0.2) is 0 Å². The molecule has 2 unspecified atom stereocenters. The van der Waals surface area contributed by atoms with E-state index in [-0.39, 0.29) is 36.0 Å². The molecule has 0 bridgehead atoms. The van der Waals surface area contributed by atoms with E-state index in [1.807, 2.05) is 47.6 Å². The molecule has 0 aliphatic carbocycles. The number of carbonyl (C=O) groups excluding carboxylic acids is 3. The topological polar surface area (TPSA) is 145 Å². The summed E-state index contributed by atoms with van der Waals surface area (Å²) in [6.45, 7) is 9.98. The van der Waals surface area contributed by atoms with Crippen LogP contribution in [0.2, 0.25) is 0 Å². The number of imide groups is 1. The number of benzene rings is 2. The van der Waals surface area contributed by atoms with Crippen LogP contribution < -0.4 is 21.3 Å². The maximum Gasteiger partial charge on any atom is 0.253 e. The van der Waals surface area contributed by atoms with Crippen molar-refractivity contribution in [1.82, 2.24) is 34.6 Å².